The SMILES string of the molecule is CSc1ccc(/C=C2\CC(c3ccccc3)C/C(=C\c3ccc(SC)cc3)C2=O)cc1. The second-order valence-electron chi connectivity index (χ2n) is 7.73. The van der Waals surface area contributed by atoms with Crippen LogP contribution in [0.3, 0.4) is 0 Å². The average molecular weight is 443 g/mol. The maximum absolute atomic E-state index is 13.4. The number of thioether (sulfide) groups is 2. The Morgan fingerprint density at radius 2 is 1.13 bits per heavy atom. The van der Waals surface area contributed by atoms with Crippen LogP contribution < -0.4 is 0 Å². The minimum atomic E-state index is 0.176. The lowest BCUT2D eigenvalue weighted by molar-refractivity contribution is -0.113. The van der Waals surface area contributed by atoms with E-state index in [4.69, 9.17) is 0 Å². The first-order chi connectivity index (χ1) is 15.2. The molecule has 0 heterocycles. The quantitative estimate of drug-likeness (QED) is 0.297. The van der Waals surface area contributed by atoms with E-state index in [1.165, 1.54) is 15.4 Å². The zero-order chi connectivity index (χ0) is 21.6. The van der Waals surface area contributed by atoms with Crippen LogP contribution in [-0.4, -0.2) is 18.3 Å². The van der Waals surface area contributed by atoms with E-state index in [1.807, 2.05) is 6.07 Å². The summed E-state index contributed by atoms with van der Waals surface area (Å²) in [6.45, 7) is 0. The van der Waals surface area contributed by atoms with Crippen LogP contribution in [0.15, 0.2) is 99.8 Å². The molecule has 0 saturated heterocycles. The van der Waals surface area contributed by atoms with Gasteiger partial charge in [0.25, 0.3) is 0 Å². The summed E-state index contributed by atoms with van der Waals surface area (Å²) in [6.07, 6.45) is 9.85. The molecule has 0 aliphatic heterocycles. The second-order valence-corrected chi connectivity index (χ2v) is 9.49. The lowest BCUT2D eigenvalue weighted by Crippen LogP contribution is -2.19. The molecule has 1 aliphatic carbocycles. The predicted octanol–water partition coefficient (Wildman–Crippen LogP) is 7.74. The lowest BCUT2D eigenvalue weighted by Gasteiger charge is -2.26. The molecule has 0 amide bonds. The van der Waals surface area contributed by atoms with E-state index in [0.717, 1.165) is 35.1 Å². The van der Waals surface area contributed by atoms with Crippen molar-refractivity contribution in [2.24, 2.45) is 0 Å². The van der Waals surface area contributed by atoms with Gasteiger partial charge in [-0.3, -0.25) is 4.79 Å². The Labute approximate surface area is 193 Å². The molecule has 1 saturated carbocycles. The maximum Gasteiger partial charge on any atom is 0.185 e. The summed E-state index contributed by atoms with van der Waals surface area (Å²) < 4.78 is 0. The van der Waals surface area contributed by atoms with Crippen LogP contribution in [0.5, 0.6) is 0 Å². The highest BCUT2D eigenvalue weighted by Gasteiger charge is 2.28. The first-order valence-corrected chi connectivity index (χ1v) is 12.9. The third-order valence-corrected chi connectivity index (χ3v) is 7.19. The summed E-state index contributed by atoms with van der Waals surface area (Å²) in [5, 5.41) is 0. The molecular weight excluding hydrogens is 416 g/mol. The summed E-state index contributed by atoms with van der Waals surface area (Å²) in [4.78, 5) is 15.9. The number of Topliss-reactive ketones (excluding diaryl/α,β-unsaturated/α-hetero) is 1. The smallest absolute Gasteiger partial charge is 0.185 e. The molecule has 3 aromatic carbocycles. The van der Waals surface area contributed by atoms with Gasteiger partial charge in [0.1, 0.15) is 0 Å². The second kappa shape index (κ2) is 10.2. The van der Waals surface area contributed by atoms with E-state index in [1.54, 1.807) is 23.5 Å². The number of benzene rings is 3. The summed E-state index contributed by atoms with van der Waals surface area (Å²) in [7, 11) is 0. The zero-order valence-corrected chi connectivity index (χ0v) is 19.5. The van der Waals surface area contributed by atoms with Crippen molar-refractivity contribution in [2.45, 2.75) is 28.6 Å². The van der Waals surface area contributed by atoms with Crippen LogP contribution in [0, 0.1) is 0 Å². The van der Waals surface area contributed by atoms with Gasteiger partial charge in [0.05, 0.1) is 0 Å². The fourth-order valence-electron chi connectivity index (χ4n) is 4.01. The summed E-state index contributed by atoms with van der Waals surface area (Å²) in [6, 6.07) is 27.4. The summed E-state index contributed by atoms with van der Waals surface area (Å²) >= 11 is 3.46. The van der Waals surface area contributed by atoms with E-state index in [-0.39, 0.29) is 5.78 Å². The number of carbonyl (C=O) groups is 1. The molecule has 1 fully saturated rings. The Bertz CT molecular complexity index is 1020. The van der Waals surface area contributed by atoms with Crippen molar-refractivity contribution in [3.05, 3.63) is 107 Å². The Balaban J connectivity index is 1.70. The van der Waals surface area contributed by atoms with Crippen molar-refractivity contribution >= 4 is 41.5 Å². The maximum atomic E-state index is 13.4. The largest absolute Gasteiger partial charge is 0.289 e. The highest BCUT2D eigenvalue weighted by atomic mass is 32.2. The molecule has 31 heavy (non-hydrogen) atoms. The fourth-order valence-corrected chi connectivity index (χ4v) is 4.82. The average Bonchev–Trinajstić information content (AvgIpc) is 2.83. The van der Waals surface area contributed by atoms with Crippen molar-refractivity contribution in [1.82, 2.24) is 0 Å². The normalized spacial score (nSPS) is 19.2. The zero-order valence-electron chi connectivity index (χ0n) is 17.9. The highest BCUT2D eigenvalue weighted by molar-refractivity contribution is 7.98. The monoisotopic (exact) mass is 442 g/mol. The van der Waals surface area contributed by atoms with Crippen LogP contribution in [0.2, 0.25) is 0 Å². The molecule has 0 aromatic heterocycles. The van der Waals surface area contributed by atoms with Crippen LogP contribution in [0.4, 0.5) is 0 Å². The molecule has 1 aliphatic rings. The number of ketones is 1. The fraction of sp³-hybridized carbons (Fsp3) is 0.179. The van der Waals surface area contributed by atoms with E-state index in [9.17, 15) is 4.79 Å². The molecule has 0 bridgehead atoms. The van der Waals surface area contributed by atoms with Crippen molar-refractivity contribution in [3.8, 4) is 0 Å². The van der Waals surface area contributed by atoms with Gasteiger partial charge < -0.3 is 0 Å². The van der Waals surface area contributed by atoms with Gasteiger partial charge in [0.2, 0.25) is 0 Å². The third kappa shape index (κ3) is 5.41. The predicted molar refractivity (Wildman–Crippen MR) is 136 cm³/mol. The third-order valence-electron chi connectivity index (χ3n) is 5.70. The molecule has 3 heteroatoms. The highest BCUT2D eigenvalue weighted by Crippen LogP contribution is 2.38. The molecule has 0 unspecified atom stereocenters. The number of rotatable bonds is 5. The van der Waals surface area contributed by atoms with Crippen molar-refractivity contribution in [1.29, 1.82) is 0 Å². The van der Waals surface area contributed by atoms with Crippen molar-refractivity contribution < 1.29 is 4.79 Å². The number of allylic oxidation sites excluding steroid dienone is 2. The lowest BCUT2D eigenvalue weighted by atomic mass is 9.77. The first kappa shape index (κ1) is 21.7. The van der Waals surface area contributed by atoms with Gasteiger partial charge in [0, 0.05) is 20.9 Å². The molecule has 156 valence electrons. The Kier molecular flexibility index (Phi) is 7.16. The van der Waals surface area contributed by atoms with Crippen molar-refractivity contribution in [3.63, 3.8) is 0 Å². The van der Waals surface area contributed by atoms with Crippen LogP contribution >= 0.6 is 23.5 Å². The Hall–Kier alpha value is -2.49. The minimum Gasteiger partial charge on any atom is -0.289 e. The van der Waals surface area contributed by atoms with Gasteiger partial charge in [-0.25, -0.2) is 0 Å². The van der Waals surface area contributed by atoms with E-state index in [0.29, 0.717) is 5.92 Å². The van der Waals surface area contributed by atoms with Crippen LogP contribution in [0.1, 0.15) is 35.4 Å². The summed E-state index contributed by atoms with van der Waals surface area (Å²) in [5.74, 6) is 0.488. The van der Waals surface area contributed by atoms with Crippen LogP contribution in [-0.2, 0) is 4.79 Å². The van der Waals surface area contributed by atoms with Gasteiger partial charge in [-0.05, 0) is 84.4 Å². The van der Waals surface area contributed by atoms with Gasteiger partial charge in [-0.2, -0.15) is 0 Å². The van der Waals surface area contributed by atoms with Gasteiger partial charge >= 0.3 is 0 Å². The Morgan fingerprint density at radius 1 is 0.677 bits per heavy atom. The van der Waals surface area contributed by atoms with E-state index < -0.39 is 0 Å². The van der Waals surface area contributed by atoms with Gasteiger partial charge in [-0.15, -0.1) is 23.5 Å². The van der Waals surface area contributed by atoms with Crippen molar-refractivity contribution in [2.75, 3.05) is 12.5 Å². The minimum absolute atomic E-state index is 0.176. The van der Waals surface area contributed by atoms with Gasteiger partial charge in [0.15, 0.2) is 5.78 Å². The first-order valence-electron chi connectivity index (χ1n) is 10.4. The van der Waals surface area contributed by atoms with Gasteiger partial charge in [-0.1, -0.05) is 54.6 Å². The topological polar surface area (TPSA) is 17.1 Å². The number of hydrogen-bond donors (Lipinski definition) is 0. The molecule has 0 radical (unpaired) electrons. The molecular formula is C28H26OS2. The number of hydrogen-bond acceptors (Lipinski definition) is 3. The molecule has 0 N–H and O–H groups in total. The van der Waals surface area contributed by atoms with E-state index >= 15 is 0 Å². The molecule has 1 nitrogen and oxygen atoms in total. The molecule has 0 spiro atoms. The van der Waals surface area contributed by atoms with Crippen LogP contribution in [0.25, 0.3) is 12.2 Å². The summed E-state index contributed by atoms with van der Waals surface area (Å²) in [5.41, 5.74) is 5.24. The standard InChI is InChI=1S/C28H26OS2/c1-30-26-12-8-20(9-13-26)16-24-18-23(22-6-4-3-5-7-22)19-25(28(24)29)17-21-10-14-27(31-2)15-11-21/h3-17,23H,18-19H2,1-2H3/b24-16+,25-17+. The molecule has 3 aromatic rings. The Morgan fingerprint density at radius 3 is 1.55 bits per heavy atom. The molecule has 0 atom stereocenters. The van der Waals surface area contributed by atoms with E-state index in [2.05, 4.69) is 97.5 Å². The number of carbonyl (C=O) groups excluding carboxylic acids is 1. The molecule has 4 rings (SSSR count).